The molecular weight excluding hydrogens is 314 g/mol. The average molecular weight is 331 g/mol. The number of para-hydroxylation sites is 2. The van der Waals surface area contributed by atoms with Gasteiger partial charge in [0, 0.05) is 18.7 Å². The number of benzene rings is 1. The third kappa shape index (κ3) is 3.48. The lowest BCUT2D eigenvalue weighted by atomic mass is 10.2. The Bertz CT molecular complexity index is 857. The topological polar surface area (TPSA) is 104 Å². The normalized spacial score (nSPS) is 15.8. The molecule has 1 atom stereocenters. The number of fused-ring (bicyclic) bond motifs is 1. The molecule has 0 bridgehead atoms. The Morgan fingerprint density at radius 2 is 2.00 bits per heavy atom. The standard InChI is InChI=1S/C16H17N3O5/c1-19(15(21)7-10-6-14(20)17-18-16(10)22)8-11-9-23-12-4-2-3-5-13(12)24-11/h2-6,11H,7-9H2,1H3,(H,17,20)(H,18,22). The Labute approximate surface area is 137 Å². The summed E-state index contributed by atoms with van der Waals surface area (Å²) in [5.74, 6) is 1.03. The van der Waals surface area contributed by atoms with E-state index in [1.54, 1.807) is 13.1 Å². The highest BCUT2D eigenvalue weighted by Gasteiger charge is 2.24. The summed E-state index contributed by atoms with van der Waals surface area (Å²) in [5, 5.41) is 4.36. The quantitative estimate of drug-likeness (QED) is 0.814. The Hall–Kier alpha value is -3.03. The summed E-state index contributed by atoms with van der Waals surface area (Å²) in [4.78, 5) is 36.6. The molecule has 0 aliphatic carbocycles. The first-order chi connectivity index (χ1) is 11.5. The van der Waals surface area contributed by atoms with Crippen LogP contribution in [0.25, 0.3) is 0 Å². The van der Waals surface area contributed by atoms with E-state index in [2.05, 4.69) is 10.2 Å². The van der Waals surface area contributed by atoms with E-state index in [1.807, 2.05) is 18.2 Å². The van der Waals surface area contributed by atoms with Gasteiger partial charge in [0.2, 0.25) is 5.91 Å². The molecule has 1 aliphatic rings. The zero-order valence-electron chi connectivity index (χ0n) is 13.1. The van der Waals surface area contributed by atoms with E-state index in [0.29, 0.717) is 24.7 Å². The number of aromatic nitrogens is 2. The van der Waals surface area contributed by atoms with Gasteiger partial charge in [-0.3, -0.25) is 24.6 Å². The average Bonchev–Trinajstić information content (AvgIpc) is 2.58. The van der Waals surface area contributed by atoms with E-state index >= 15 is 0 Å². The van der Waals surface area contributed by atoms with Crippen molar-refractivity contribution >= 4 is 5.91 Å². The van der Waals surface area contributed by atoms with Crippen molar-refractivity contribution in [1.29, 1.82) is 0 Å². The maximum Gasteiger partial charge on any atom is 0.266 e. The Balaban J connectivity index is 1.62. The number of H-pyrrole nitrogens is 2. The predicted octanol–water partition coefficient (Wildman–Crippen LogP) is -0.0959. The third-order valence-electron chi connectivity index (χ3n) is 3.71. The molecule has 0 radical (unpaired) electrons. The van der Waals surface area contributed by atoms with Gasteiger partial charge in [-0.15, -0.1) is 0 Å². The van der Waals surface area contributed by atoms with Gasteiger partial charge in [-0.2, -0.15) is 0 Å². The summed E-state index contributed by atoms with van der Waals surface area (Å²) in [6.07, 6.45) is -0.453. The van der Waals surface area contributed by atoms with Crippen LogP contribution in [0.5, 0.6) is 11.5 Å². The molecule has 2 aromatic rings. The molecule has 2 heterocycles. The lowest BCUT2D eigenvalue weighted by Gasteiger charge is -2.29. The number of nitrogens with zero attached hydrogens (tertiary/aromatic N) is 1. The lowest BCUT2D eigenvalue weighted by Crippen LogP contribution is -2.42. The van der Waals surface area contributed by atoms with Gasteiger partial charge in [0.25, 0.3) is 11.1 Å². The van der Waals surface area contributed by atoms with Crippen LogP contribution in [0.2, 0.25) is 0 Å². The second-order valence-corrected chi connectivity index (χ2v) is 5.56. The SMILES string of the molecule is CN(CC1COc2ccccc2O1)C(=O)Cc1cc(=O)[nH][nH]c1=O. The fraction of sp³-hybridized carbons (Fsp3) is 0.312. The molecule has 0 fully saturated rings. The van der Waals surface area contributed by atoms with Gasteiger partial charge in [0.1, 0.15) is 6.61 Å². The minimum Gasteiger partial charge on any atom is -0.486 e. The maximum atomic E-state index is 12.3. The van der Waals surface area contributed by atoms with Crippen LogP contribution < -0.4 is 20.6 Å². The predicted molar refractivity (Wildman–Crippen MR) is 85.4 cm³/mol. The molecule has 1 unspecified atom stereocenters. The number of hydrogen-bond acceptors (Lipinski definition) is 5. The summed E-state index contributed by atoms with van der Waals surface area (Å²) >= 11 is 0. The maximum absolute atomic E-state index is 12.3. The van der Waals surface area contributed by atoms with Crippen LogP contribution in [0.4, 0.5) is 0 Å². The molecular formula is C16H17N3O5. The number of amides is 1. The van der Waals surface area contributed by atoms with Gasteiger partial charge in [-0.05, 0) is 12.1 Å². The third-order valence-corrected chi connectivity index (χ3v) is 3.71. The van der Waals surface area contributed by atoms with Crippen molar-refractivity contribution in [3.8, 4) is 11.5 Å². The molecule has 0 saturated carbocycles. The van der Waals surface area contributed by atoms with Crippen LogP contribution in [0.3, 0.4) is 0 Å². The molecule has 1 amide bonds. The highest BCUT2D eigenvalue weighted by atomic mass is 16.6. The van der Waals surface area contributed by atoms with Crippen molar-refractivity contribution < 1.29 is 14.3 Å². The van der Waals surface area contributed by atoms with Crippen molar-refractivity contribution in [1.82, 2.24) is 15.1 Å². The first-order valence-electron chi connectivity index (χ1n) is 7.46. The van der Waals surface area contributed by atoms with E-state index in [9.17, 15) is 14.4 Å². The Morgan fingerprint density at radius 3 is 2.79 bits per heavy atom. The monoisotopic (exact) mass is 331 g/mol. The zero-order chi connectivity index (χ0) is 17.1. The van der Waals surface area contributed by atoms with Crippen molar-refractivity contribution in [2.75, 3.05) is 20.2 Å². The highest BCUT2D eigenvalue weighted by Crippen LogP contribution is 2.30. The zero-order valence-corrected chi connectivity index (χ0v) is 13.1. The Morgan fingerprint density at radius 1 is 1.25 bits per heavy atom. The van der Waals surface area contributed by atoms with Crippen molar-refractivity contribution in [2.24, 2.45) is 0 Å². The van der Waals surface area contributed by atoms with E-state index < -0.39 is 11.1 Å². The summed E-state index contributed by atoms with van der Waals surface area (Å²) in [6, 6.07) is 8.45. The molecule has 3 rings (SSSR count). The van der Waals surface area contributed by atoms with Crippen LogP contribution >= 0.6 is 0 Å². The second kappa shape index (κ2) is 6.61. The first kappa shape index (κ1) is 15.9. The van der Waals surface area contributed by atoms with Crippen molar-refractivity contribution in [3.63, 3.8) is 0 Å². The molecule has 1 aliphatic heterocycles. The van der Waals surface area contributed by atoms with Gasteiger partial charge >= 0.3 is 0 Å². The van der Waals surface area contributed by atoms with Gasteiger partial charge in [-0.25, -0.2) is 0 Å². The summed E-state index contributed by atoms with van der Waals surface area (Å²) in [5.41, 5.74) is -0.815. The molecule has 0 saturated heterocycles. The molecule has 126 valence electrons. The summed E-state index contributed by atoms with van der Waals surface area (Å²) in [7, 11) is 1.62. The van der Waals surface area contributed by atoms with Crippen LogP contribution in [0, 0.1) is 0 Å². The number of likely N-dealkylation sites (N-methyl/N-ethyl adjacent to an activating group) is 1. The number of ether oxygens (including phenoxy) is 2. The number of aromatic amines is 2. The van der Waals surface area contributed by atoms with Gasteiger partial charge in [0.15, 0.2) is 17.6 Å². The van der Waals surface area contributed by atoms with E-state index in [4.69, 9.17) is 9.47 Å². The van der Waals surface area contributed by atoms with E-state index in [0.717, 1.165) is 6.07 Å². The lowest BCUT2D eigenvalue weighted by molar-refractivity contribution is -0.130. The van der Waals surface area contributed by atoms with E-state index in [1.165, 1.54) is 4.90 Å². The van der Waals surface area contributed by atoms with Gasteiger partial charge < -0.3 is 14.4 Å². The first-order valence-corrected chi connectivity index (χ1v) is 7.46. The van der Waals surface area contributed by atoms with Crippen LogP contribution in [-0.2, 0) is 11.2 Å². The largest absolute Gasteiger partial charge is 0.486 e. The molecule has 2 N–H and O–H groups in total. The highest BCUT2D eigenvalue weighted by molar-refractivity contribution is 5.78. The molecule has 1 aromatic carbocycles. The van der Waals surface area contributed by atoms with Crippen LogP contribution in [-0.4, -0.2) is 47.3 Å². The summed E-state index contributed by atoms with van der Waals surface area (Å²) in [6.45, 7) is 0.647. The molecule has 24 heavy (non-hydrogen) atoms. The van der Waals surface area contributed by atoms with Crippen molar-refractivity contribution in [2.45, 2.75) is 12.5 Å². The molecule has 8 heteroatoms. The van der Waals surface area contributed by atoms with Crippen molar-refractivity contribution in [3.05, 3.63) is 56.6 Å². The van der Waals surface area contributed by atoms with Crippen LogP contribution in [0.15, 0.2) is 39.9 Å². The van der Waals surface area contributed by atoms with Gasteiger partial charge in [0.05, 0.1) is 13.0 Å². The molecule has 1 aromatic heterocycles. The number of nitrogens with one attached hydrogen (secondary N) is 2. The molecule has 8 nitrogen and oxygen atoms in total. The smallest absolute Gasteiger partial charge is 0.266 e. The molecule has 0 spiro atoms. The minimum atomic E-state index is -0.484. The number of carbonyl (C=O) groups excluding carboxylic acids is 1. The second-order valence-electron chi connectivity index (χ2n) is 5.56. The number of rotatable bonds is 4. The fourth-order valence-corrected chi connectivity index (χ4v) is 2.45. The number of hydrogen-bond donors (Lipinski definition) is 2. The number of carbonyl (C=O) groups is 1. The van der Waals surface area contributed by atoms with Gasteiger partial charge in [-0.1, -0.05) is 12.1 Å². The summed E-state index contributed by atoms with van der Waals surface area (Å²) < 4.78 is 11.4. The van der Waals surface area contributed by atoms with Crippen LogP contribution in [0.1, 0.15) is 5.56 Å². The fourth-order valence-electron chi connectivity index (χ4n) is 2.45. The van der Waals surface area contributed by atoms with E-state index in [-0.39, 0.29) is 24.0 Å². The Kier molecular flexibility index (Phi) is 4.37. The minimum absolute atomic E-state index is 0.127.